The number of hydrogen-bond donors (Lipinski definition) is 1. The predicted molar refractivity (Wildman–Crippen MR) is 48.6 cm³/mol. The zero-order valence-corrected chi connectivity index (χ0v) is 6.71. The Hall–Kier alpha value is -1.05. The molecule has 60 valence electrons. The van der Waals surface area contributed by atoms with Gasteiger partial charge in [-0.3, -0.25) is 4.99 Å². The van der Waals surface area contributed by atoms with Crippen LogP contribution in [-0.4, -0.2) is 12.3 Å². The zero-order valence-electron chi connectivity index (χ0n) is 6.71. The Morgan fingerprint density at radius 3 is 3.27 bits per heavy atom. The number of hydrogen-bond acceptors (Lipinski definition) is 2. The second-order valence-corrected chi connectivity index (χ2v) is 2.53. The van der Waals surface area contributed by atoms with Crippen LogP contribution in [0, 0.1) is 0 Å². The number of nitrogens with one attached hydrogen (secondary N) is 1. The summed E-state index contributed by atoms with van der Waals surface area (Å²) in [5.41, 5.74) is 1.29. The van der Waals surface area contributed by atoms with Gasteiger partial charge in [-0.1, -0.05) is 12.7 Å². The molecule has 1 N–H and O–H groups in total. The van der Waals surface area contributed by atoms with Crippen molar-refractivity contribution in [3.8, 4) is 0 Å². The van der Waals surface area contributed by atoms with E-state index in [1.807, 2.05) is 6.20 Å². The fraction of sp³-hybridized carbons (Fsp3) is 0.444. The SMILES string of the molecule is C=CNCCC1=NC=CCC1. The van der Waals surface area contributed by atoms with E-state index in [1.165, 1.54) is 5.71 Å². The molecule has 1 rings (SSSR count). The summed E-state index contributed by atoms with van der Waals surface area (Å²) in [6.45, 7) is 4.53. The lowest BCUT2D eigenvalue weighted by Gasteiger charge is -2.06. The maximum Gasteiger partial charge on any atom is 0.0227 e. The Bertz CT molecular complexity index is 180. The van der Waals surface area contributed by atoms with Crippen LogP contribution in [0.5, 0.6) is 0 Å². The van der Waals surface area contributed by atoms with Gasteiger partial charge in [0.1, 0.15) is 0 Å². The Kier molecular flexibility index (Phi) is 3.45. The maximum atomic E-state index is 4.26. The normalized spacial score (nSPS) is 15.8. The van der Waals surface area contributed by atoms with Crippen molar-refractivity contribution in [1.82, 2.24) is 5.32 Å². The molecule has 0 fully saturated rings. The largest absolute Gasteiger partial charge is 0.391 e. The highest BCUT2D eigenvalue weighted by Gasteiger charge is 1.99. The van der Waals surface area contributed by atoms with Gasteiger partial charge in [0.15, 0.2) is 0 Å². The fourth-order valence-corrected chi connectivity index (χ4v) is 1.06. The minimum atomic E-state index is 0.955. The highest BCUT2D eigenvalue weighted by atomic mass is 14.8. The van der Waals surface area contributed by atoms with Gasteiger partial charge in [0, 0.05) is 24.9 Å². The van der Waals surface area contributed by atoms with E-state index in [0.29, 0.717) is 0 Å². The second-order valence-electron chi connectivity index (χ2n) is 2.53. The molecule has 0 aliphatic carbocycles. The van der Waals surface area contributed by atoms with Gasteiger partial charge in [-0.25, -0.2) is 0 Å². The van der Waals surface area contributed by atoms with E-state index in [4.69, 9.17) is 0 Å². The first-order valence-electron chi connectivity index (χ1n) is 3.98. The Labute approximate surface area is 67.7 Å². The van der Waals surface area contributed by atoms with Crippen molar-refractivity contribution in [2.75, 3.05) is 6.54 Å². The maximum absolute atomic E-state index is 4.26. The summed E-state index contributed by atoms with van der Waals surface area (Å²) in [5.74, 6) is 0. The van der Waals surface area contributed by atoms with Crippen molar-refractivity contribution < 1.29 is 0 Å². The minimum Gasteiger partial charge on any atom is -0.391 e. The summed E-state index contributed by atoms with van der Waals surface area (Å²) in [7, 11) is 0. The first-order chi connectivity index (χ1) is 5.43. The van der Waals surface area contributed by atoms with Gasteiger partial charge in [0.05, 0.1) is 0 Å². The molecule has 0 saturated carbocycles. The summed E-state index contributed by atoms with van der Waals surface area (Å²) in [6, 6.07) is 0. The molecule has 2 nitrogen and oxygen atoms in total. The molecule has 0 amide bonds. The number of aliphatic imine (C=N–C) groups is 1. The summed E-state index contributed by atoms with van der Waals surface area (Å²) < 4.78 is 0. The van der Waals surface area contributed by atoms with Gasteiger partial charge in [0.2, 0.25) is 0 Å². The molecule has 11 heavy (non-hydrogen) atoms. The number of rotatable bonds is 4. The fourth-order valence-electron chi connectivity index (χ4n) is 1.06. The van der Waals surface area contributed by atoms with Gasteiger partial charge in [-0.05, 0) is 19.0 Å². The second kappa shape index (κ2) is 4.72. The first-order valence-corrected chi connectivity index (χ1v) is 3.98. The third-order valence-corrected chi connectivity index (χ3v) is 1.66. The molecular formula is C9H14N2. The lowest BCUT2D eigenvalue weighted by Crippen LogP contribution is -2.12. The molecule has 0 aromatic heterocycles. The van der Waals surface area contributed by atoms with Crippen molar-refractivity contribution in [1.29, 1.82) is 0 Å². The topological polar surface area (TPSA) is 24.4 Å². The average molecular weight is 150 g/mol. The highest BCUT2D eigenvalue weighted by molar-refractivity contribution is 5.85. The van der Waals surface area contributed by atoms with Gasteiger partial charge < -0.3 is 5.32 Å². The molecule has 0 saturated heterocycles. The van der Waals surface area contributed by atoms with Crippen LogP contribution < -0.4 is 5.32 Å². The van der Waals surface area contributed by atoms with Crippen LogP contribution in [0.2, 0.25) is 0 Å². The van der Waals surface area contributed by atoms with E-state index < -0.39 is 0 Å². The van der Waals surface area contributed by atoms with E-state index in [1.54, 1.807) is 6.20 Å². The predicted octanol–water partition coefficient (Wildman–Crippen LogP) is 1.86. The monoisotopic (exact) mass is 150 g/mol. The van der Waals surface area contributed by atoms with Crippen LogP contribution in [0.25, 0.3) is 0 Å². The van der Waals surface area contributed by atoms with Crippen LogP contribution in [-0.2, 0) is 0 Å². The van der Waals surface area contributed by atoms with Crippen molar-refractivity contribution in [2.45, 2.75) is 19.3 Å². The summed E-state index contributed by atoms with van der Waals surface area (Å²) in [4.78, 5) is 4.26. The van der Waals surface area contributed by atoms with Gasteiger partial charge >= 0.3 is 0 Å². The molecular weight excluding hydrogens is 136 g/mol. The molecule has 0 aromatic rings. The number of nitrogens with zero attached hydrogens (tertiary/aromatic N) is 1. The van der Waals surface area contributed by atoms with E-state index in [-0.39, 0.29) is 0 Å². The minimum absolute atomic E-state index is 0.955. The third kappa shape index (κ3) is 3.03. The quantitative estimate of drug-likeness (QED) is 0.608. The van der Waals surface area contributed by atoms with Crippen molar-refractivity contribution in [2.24, 2.45) is 4.99 Å². The van der Waals surface area contributed by atoms with Gasteiger partial charge in [0.25, 0.3) is 0 Å². The van der Waals surface area contributed by atoms with Gasteiger partial charge in [-0.2, -0.15) is 0 Å². The molecule has 0 aromatic carbocycles. The average Bonchev–Trinajstić information content (AvgIpc) is 2.07. The number of allylic oxidation sites excluding steroid dienone is 1. The summed E-state index contributed by atoms with van der Waals surface area (Å²) in [6.07, 6.45) is 9.02. The molecule has 0 radical (unpaired) electrons. The van der Waals surface area contributed by atoms with E-state index in [0.717, 1.165) is 25.8 Å². The smallest absolute Gasteiger partial charge is 0.0227 e. The third-order valence-electron chi connectivity index (χ3n) is 1.66. The van der Waals surface area contributed by atoms with E-state index >= 15 is 0 Å². The lowest BCUT2D eigenvalue weighted by molar-refractivity contribution is 0.853. The molecule has 0 atom stereocenters. The summed E-state index contributed by atoms with van der Waals surface area (Å²) >= 11 is 0. The van der Waals surface area contributed by atoms with Crippen LogP contribution in [0.3, 0.4) is 0 Å². The highest BCUT2D eigenvalue weighted by Crippen LogP contribution is 2.04. The Morgan fingerprint density at radius 2 is 2.64 bits per heavy atom. The molecule has 0 bridgehead atoms. The Balaban J connectivity index is 2.19. The molecule has 1 aliphatic rings. The molecule has 2 heteroatoms. The lowest BCUT2D eigenvalue weighted by atomic mass is 10.1. The molecule has 0 spiro atoms. The zero-order chi connectivity index (χ0) is 7.94. The molecule has 1 heterocycles. The molecule has 1 aliphatic heterocycles. The van der Waals surface area contributed by atoms with Crippen LogP contribution >= 0.6 is 0 Å². The standard InChI is InChI=1S/C9H14N2/c1-2-10-8-6-9-5-3-4-7-11-9/h2,4,7,10H,1,3,5-6,8H2. The van der Waals surface area contributed by atoms with Crippen molar-refractivity contribution >= 4 is 5.71 Å². The Morgan fingerprint density at radius 1 is 1.73 bits per heavy atom. The van der Waals surface area contributed by atoms with E-state index in [9.17, 15) is 0 Å². The van der Waals surface area contributed by atoms with Crippen molar-refractivity contribution in [3.05, 3.63) is 25.1 Å². The van der Waals surface area contributed by atoms with Crippen molar-refractivity contribution in [3.63, 3.8) is 0 Å². The van der Waals surface area contributed by atoms with Crippen LogP contribution in [0.4, 0.5) is 0 Å². The first kappa shape index (κ1) is 8.05. The van der Waals surface area contributed by atoms with Crippen LogP contribution in [0.15, 0.2) is 30.0 Å². The van der Waals surface area contributed by atoms with Gasteiger partial charge in [-0.15, -0.1) is 0 Å². The van der Waals surface area contributed by atoms with E-state index in [2.05, 4.69) is 23.0 Å². The molecule has 0 unspecified atom stereocenters. The summed E-state index contributed by atoms with van der Waals surface area (Å²) in [5, 5.41) is 3.05. The van der Waals surface area contributed by atoms with Crippen LogP contribution in [0.1, 0.15) is 19.3 Å².